The molecule has 0 bridgehead atoms. The highest BCUT2D eigenvalue weighted by atomic mass is 16.2. The molecule has 1 saturated heterocycles. The highest BCUT2D eigenvalue weighted by Crippen LogP contribution is 2.12. The third-order valence-corrected chi connectivity index (χ3v) is 2.98. The van der Waals surface area contributed by atoms with Crippen LogP contribution in [0.1, 0.15) is 19.8 Å². The van der Waals surface area contributed by atoms with Crippen molar-refractivity contribution < 1.29 is 4.79 Å². The Bertz CT molecular complexity index is 360. The fourth-order valence-electron chi connectivity index (χ4n) is 2.02. The lowest BCUT2D eigenvalue weighted by Crippen LogP contribution is -2.49. The molecule has 1 amide bonds. The van der Waals surface area contributed by atoms with Gasteiger partial charge in [0.1, 0.15) is 0 Å². The van der Waals surface area contributed by atoms with Crippen LogP contribution in [0.15, 0.2) is 18.3 Å². The van der Waals surface area contributed by atoms with Gasteiger partial charge in [-0.05, 0) is 18.6 Å². The zero-order valence-corrected chi connectivity index (χ0v) is 10.2. The van der Waals surface area contributed by atoms with Crippen LogP contribution in [0.5, 0.6) is 0 Å². The second kappa shape index (κ2) is 5.61. The minimum absolute atomic E-state index is 0.270. The van der Waals surface area contributed by atoms with Gasteiger partial charge in [-0.2, -0.15) is 5.10 Å². The number of carbonyl (C=O) groups excluding carboxylic acids is 1. The number of piperazine rings is 1. The standard InChI is InChI=1S/C12H18N4O/c1-2-4-12(17)16-9-7-15(8-10-16)11-5-3-6-13-14-11/h3,5-6H,2,4,7-10H2,1H3. The summed E-state index contributed by atoms with van der Waals surface area (Å²) in [7, 11) is 0. The van der Waals surface area contributed by atoms with E-state index in [-0.39, 0.29) is 5.91 Å². The van der Waals surface area contributed by atoms with Crippen molar-refractivity contribution in [3.8, 4) is 0 Å². The zero-order chi connectivity index (χ0) is 12.1. The van der Waals surface area contributed by atoms with E-state index in [2.05, 4.69) is 15.1 Å². The van der Waals surface area contributed by atoms with Gasteiger partial charge in [-0.15, -0.1) is 5.10 Å². The van der Waals surface area contributed by atoms with E-state index < -0.39 is 0 Å². The average molecular weight is 234 g/mol. The van der Waals surface area contributed by atoms with E-state index >= 15 is 0 Å². The maximum atomic E-state index is 11.7. The van der Waals surface area contributed by atoms with E-state index in [4.69, 9.17) is 0 Å². The quantitative estimate of drug-likeness (QED) is 0.780. The summed E-state index contributed by atoms with van der Waals surface area (Å²) in [5, 5.41) is 7.95. The van der Waals surface area contributed by atoms with Crippen molar-refractivity contribution in [2.75, 3.05) is 31.1 Å². The second-order valence-corrected chi connectivity index (χ2v) is 4.20. The Hall–Kier alpha value is -1.65. The van der Waals surface area contributed by atoms with E-state index in [1.54, 1.807) is 6.20 Å². The van der Waals surface area contributed by atoms with Crippen LogP contribution in [-0.2, 0) is 4.79 Å². The summed E-state index contributed by atoms with van der Waals surface area (Å²) in [6.07, 6.45) is 3.25. The molecule has 1 aromatic heterocycles. The van der Waals surface area contributed by atoms with Crippen molar-refractivity contribution >= 4 is 11.7 Å². The SMILES string of the molecule is CCCC(=O)N1CCN(c2cccnn2)CC1. The minimum Gasteiger partial charge on any atom is -0.352 e. The molecule has 0 unspecified atom stereocenters. The van der Waals surface area contributed by atoms with Gasteiger partial charge >= 0.3 is 0 Å². The van der Waals surface area contributed by atoms with Crippen molar-refractivity contribution in [3.63, 3.8) is 0 Å². The summed E-state index contributed by atoms with van der Waals surface area (Å²) >= 11 is 0. The average Bonchev–Trinajstić information content (AvgIpc) is 2.40. The largest absolute Gasteiger partial charge is 0.352 e. The summed E-state index contributed by atoms with van der Waals surface area (Å²) in [5.74, 6) is 1.17. The Morgan fingerprint density at radius 1 is 1.35 bits per heavy atom. The molecule has 1 aliphatic rings. The first kappa shape index (κ1) is 11.8. The summed E-state index contributed by atoms with van der Waals surface area (Å²) in [6, 6.07) is 3.84. The number of rotatable bonds is 3. The first-order valence-electron chi connectivity index (χ1n) is 6.11. The number of amides is 1. The smallest absolute Gasteiger partial charge is 0.222 e. The maximum absolute atomic E-state index is 11.7. The molecule has 0 spiro atoms. The van der Waals surface area contributed by atoms with Gasteiger partial charge in [-0.25, -0.2) is 0 Å². The highest BCUT2D eigenvalue weighted by Gasteiger charge is 2.20. The van der Waals surface area contributed by atoms with E-state index in [0.29, 0.717) is 6.42 Å². The van der Waals surface area contributed by atoms with Crippen LogP contribution in [0, 0.1) is 0 Å². The van der Waals surface area contributed by atoms with Gasteiger partial charge in [0.25, 0.3) is 0 Å². The van der Waals surface area contributed by atoms with Crippen LogP contribution in [0.25, 0.3) is 0 Å². The van der Waals surface area contributed by atoms with Crippen molar-refractivity contribution in [1.82, 2.24) is 15.1 Å². The Morgan fingerprint density at radius 2 is 2.12 bits per heavy atom. The number of hydrogen-bond acceptors (Lipinski definition) is 4. The number of hydrogen-bond donors (Lipinski definition) is 0. The van der Waals surface area contributed by atoms with Gasteiger partial charge in [0.15, 0.2) is 5.82 Å². The van der Waals surface area contributed by atoms with Crippen molar-refractivity contribution in [2.24, 2.45) is 0 Å². The number of carbonyl (C=O) groups is 1. The highest BCUT2D eigenvalue weighted by molar-refractivity contribution is 5.76. The molecule has 2 heterocycles. The first-order chi connectivity index (χ1) is 8.31. The van der Waals surface area contributed by atoms with E-state index in [9.17, 15) is 4.79 Å². The third-order valence-electron chi connectivity index (χ3n) is 2.98. The van der Waals surface area contributed by atoms with Crippen molar-refractivity contribution in [1.29, 1.82) is 0 Å². The molecule has 1 fully saturated rings. The molecule has 92 valence electrons. The molecule has 5 nitrogen and oxygen atoms in total. The van der Waals surface area contributed by atoms with Crippen LogP contribution in [0.3, 0.4) is 0 Å². The zero-order valence-electron chi connectivity index (χ0n) is 10.2. The Balaban J connectivity index is 1.88. The van der Waals surface area contributed by atoms with E-state index in [1.807, 2.05) is 24.0 Å². The Kier molecular flexibility index (Phi) is 3.90. The number of anilines is 1. The lowest BCUT2D eigenvalue weighted by atomic mass is 10.2. The van der Waals surface area contributed by atoms with E-state index in [0.717, 1.165) is 38.4 Å². The van der Waals surface area contributed by atoms with Crippen LogP contribution in [-0.4, -0.2) is 47.2 Å². The summed E-state index contributed by atoms with van der Waals surface area (Å²) in [6.45, 7) is 5.29. The Morgan fingerprint density at radius 3 is 2.71 bits per heavy atom. The fourth-order valence-corrected chi connectivity index (χ4v) is 2.02. The minimum atomic E-state index is 0.270. The molecule has 1 aliphatic heterocycles. The molecule has 0 atom stereocenters. The lowest BCUT2D eigenvalue weighted by molar-refractivity contribution is -0.131. The summed E-state index contributed by atoms with van der Waals surface area (Å²) in [5.41, 5.74) is 0. The molecule has 0 aromatic carbocycles. The van der Waals surface area contributed by atoms with Crippen molar-refractivity contribution in [3.05, 3.63) is 18.3 Å². The van der Waals surface area contributed by atoms with Crippen LogP contribution < -0.4 is 4.90 Å². The molecular weight excluding hydrogens is 216 g/mol. The van der Waals surface area contributed by atoms with Gasteiger partial charge in [0, 0.05) is 38.8 Å². The third kappa shape index (κ3) is 2.93. The van der Waals surface area contributed by atoms with Gasteiger partial charge in [0.05, 0.1) is 0 Å². The molecule has 1 aromatic rings. The molecule has 17 heavy (non-hydrogen) atoms. The van der Waals surface area contributed by atoms with Gasteiger partial charge in [-0.1, -0.05) is 6.92 Å². The van der Waals surface area contributed by atoms with Crippen LogP contribution >= 0.6 is 0 Å². The molecule has 0 saturated carbocycles. The molecule has 0 N–H and O–H groups in total. The fraction of sp³-hybridized carbons (Fsp3) is 0.583. The van der Waals surface area contributed by atoms with Crippen LogP contribution in [0.4, 0.5) is 5.82 Å². The molecule has 2 rings (SSSR count). The predicted molar refractivity (Wildman–Crippen MR) is 65.7 cm³/mol. The topological polar surface area (TPSA) is 49.3 Å². The molecular formula is C12H18N4O. The van der Waals surface area contributed by atoms with Gasteiger partial charge in [-0.3, -0.25) is 4.79 Å². The lowest BCUT2D eigenvalue weighted by Gasteiger charge is -2.35. The van der Waals surface area contributed by atoms with Gasteiger partial charge < -0.3 is 9.80 Å². The first-order valence-corrected chi connectivity index (χ1v) is 6.11. The monoisotopic (exact) mass is 234 g/mol. The van der Waals surface area contributed by atoms with Crippen molar-refractivity contribution in [2.45, 2.75) is 19.8 Å². The van der Waals surface area contributed by atoms with Gasteiger partial charge in [0.2, 0.25) is 5.91 Å². The summed E-state index contributed by atoms with van der Waals surface area (Å²) in [4.78, 5) is 15.8. The van der Waals surface area contributed by atoms with Crippen LogP contribution in [0.2, 0.25) is 0 Å². The summed E-state index contributed by atoms with van der Waals surface area (Å²) < 4.78 is 0. The molecule has 5 heteroatoms. The maximum Gasteiger partial charge on any atom is 0.222 e. The normalized spacial score (nSPS) is 16.1. The number of nitrogens with zero attached hydrogens (tertiary/aromatic N) is 4. The second-order valence-electron chi connectivity index (χ2n) is 4.20. The molecule has 0 radical (unpaired) electrons. The number of aromatic nitrogens is 2. The predicted octanol–water partition coefficient (Wildman–Crippen LogP) is 0.925. The van der Waals surface area contributed by atoms with E-state index in [1.165, 1.54) is 0 Å². The Labute approximate surface area is 101 Å². The molecule has 0 aliphatic carbocycles.